The van der Waals surface area contributed by atoms with Crippen LogP contribution in [0.15, 0.2) is 109 Å². The van der Waals surface area contributed by atoms with E-state index in [0.717, 1.165) is 23.2 Å². The van der Waals surface area contributed by atoms with Gasteiger partial charge < -0.3 is 10.2 Å². The quantitative estimate of drug-likeness (QED) is 0.264. The number of carbonyl (C=O) groups is 1. The van der Waals surface area contributed by atoms with Crippen LogP contribution in [0, 0.1) is 6.92 Å². The molecule has 0 radical (unpaired) electrons. The van der Waals surface area contributed by atoms with Crippen LogP contribution >= 0.6 is 0 Å². The van der Waals surface area contributed by atoms with E-state index in [0.29, 0.717) is 13.1 Å². The van der Waals surface area contributed by atoms with Gasteiger partial charge in [-0.1, -0.05) is 118 Å². The van der Waals surface area contributed by atoms with Gasteiger partial charge in [-0.25, -0.2) is 4.79 Å². The molecule has 37 heavy (non-hydrogen) atoms. The lowest BCUT2D eigenvalue weighted by atomic mass is 9.86. The maximum Gasteiger partial charge on any atom is 0.322 e. The highest BCUT2D eigenvalue weighted by Gasteiger charge is 2.20. The van der Waals surface area contributed by atoms with Crippen LogP contribution in [0.25, 0.3) is 0 Å². The van der Waals surface area contributed by atoms with Crippen molar-refractivity contribution in [3.8, 4) is 0 Å². The number of nitrogens with one attached hydrogen (secondary N) is 1. The van der Waals surface area contributed by atoms with Gasteiger partial charge in [-0.2, -0.15) is 0 Å². The maximum atomic E-state index is 13.6. The van der Waals surface area contributed by atoms with Gasteiger partial charge in [0.1, 0.15) is 0 Å². The van der Waals surface area contributed by atoms with Crippen molar-refractivity contribution in [3.05, 3.63) is 137 Å². The van der Waals surface area contributed by atoms with Crippen molar-refractivity contribution in [2.75, 3.05) is 11.9 Å². The lowest BCUT2D eigenvalue weighted by molar-refractivity contribution is 0.207. The van der Waals surface area contributed by atoms with E-state index in [1.807, 2.05) is 48.2 Å². The van der Waals surface area contributed by atoms with Gasteiger partial charge in [-0.3, -0.25) is 0 Å². The molecule has 0 spiro atoms. The minimum absolute atomic E-state index is 0.0784. The second-order valence-corrected chi connectivity index (χ2v) is 10.8. The molecule has 4 rings (SSSR count). The Labute approximate surface area is 222 Å². The van der Waals surface area contributed by atoms with E-state index < -0.39 is 0 Å². The van der Waals surface area contributed by atoms with Gasteiger partial charge in [0.25, 0.3) is 0 Å². The lowest BCUT2D eigenvalue weighted by Gasteiger charge is -2.27. The molecule has 3 nitrogen and oxygen atoms in total. The summed E-state index contributed by atoms with van der Waals surface area (Å²) in [5, 5.41) is 3.13. The second-order valence-electron chi connectivity index (χ2n) is 10.8. The van der Waals surface area contributed by atoms with Crippen molar-refractivity contribution in [2.45, 2.75) is 52.0 Å². The molecular formula is C34H38N2O. The van der Waals surface area contributed by atoms with Gasteiger partial charge in [-0.05, 0) is 58.7 Å². The van der Waals surface area contributed by atoms with E-state index in [2.05, 4.69) is 98.9 Å². The zero-order valence-electron chi connectivity index (χ0n) is 22.4. The molecule has 0 aliphatic carbocycles. The van der Waals surface area contributed by atoms with E-state index in [4.69, 9.17) is 0 Å². The molecule has 2 amide bonds. The van der Waals surface area contributed by atoms with Crippen molar-refractivity contribution in [1.29, 1.82) is 0 Å². The fourth-order valence-corrected chi connectivity index (χ4v) is 4.69. The number of hydrogen-bond acceptors (Lipinski definition) is 1. The second kappa shape index (κ2) is 11.9. The molecule has 3 heteroatoms. The zero-order valence-corrected chi connectivity index (χ0v) is 22.4. The number of amides is 2. The molecule has 0 saturated heterocycles. The molecule has 0 saturated carbocycles. The fourth-order valence-electron chi connectivity index (χ4n) is 4.69. The number of hydrogen-bond donors (Lipinski definition) is 1. The average Bonchev–Trinajstić information content (AvgIpc) is 2.89. The Kier molecular flexibility index (Phi) is 8.45. The normalized spacial score (nSPS) is 11.4. The van der Waals surface area contributed by atoms with Crippen molar-refractivity contribution in [3.63, 3.8) is 0 Å². The molecule has 1 N–H and O–H groups in total. The molecule has 0 bridgehead atoms. The van der Waals surface area contributed by atoms with Crippen LogP contribution in [0.5, 0.6) is 0 Å². The largest absolute Gasteiger partial charge is 0.322 e. The molecule has 0 aliphatic rings. The summed E-state index contributed by atoms with van der Waals surface area (Å²) in [6.07, 6.45) is 0.829. The first-order valence-corrected chi connectivity index (χ1v) is 13.1. The number of nitrogens with zero attached hydrogens (tertiary/aromatic N) is 1. The third-order valence-electron chi connectivity index (χ3n) is 6.84. The Bertz CT molecular complexity index is 1240. The van der Waals surface area contributed by atoms with E-state index >= 15 is 0 Å². The summed E-state index contributed by atoms with van der Waals surface area (Å²) in [5.41, 5.74) is 6.99. The van der Waals surface area contributed by atoms with E-state index in [1.165, 1.54) is 16.7 Å². The molecule has 0 aromatic heterocycles. The maximum absolute atomic E-state index is 13.6. The van der Waals surface area contributed by atoms with E-state index in [1.54, 1.807) is 0 Å². The summed E-state index contributed by atoms with van der Waals surface area (Å²) in [7, 11) is 0. The van der Waals surface area contributed by atoms with Gasteiger partial charge in [0.2, 0.25) is 0 Å². The number of anilines is 1. The SMILES string of the molecule is Cc1cccc(NC(=O)N(CCC(c2ccccc2)c2ccccc2)Cc2ccc(C(C)(C)C)cc2)c1. The zero-order chi connectivity index (χ0) is 26.3. The lowest BCUT2D eigenvalue weighted by Crippen LogP contribution is -2.36. The summed E-state index contributed by atoms with van der Waals surface area (Å²) < 4.78 is 0. The molecule has 0 fully saturated rings. The third-order valence-corrected chi connectivity index (χ3v) is 6.84. The van der Waals surface area contributed by atoms with E-state index in [-0.39, 0.29) is 17.4 Å². The van der Waals surface area contributed by atoms with Gasteiger partial charge >= 0.3 is 6.03 Å². The minimum Gasteiger partial charge on any atom is -0.320 e. The smallest absolute Gasteiger partial charge is 0.320 e. The van der Waals surface area contributed by atoms with Crippen molar-refractivity contribution >= 4 is 11.7 Å². The Hall–Kier alpha value is -3.85. The first kappa shape index (κ1) is 26.2. The number of rotatable bonds is 8. The highest BCUT2D eigenvalue weighted by atomic mass is 16.2. The van der Waals surface area contributed by atoms with Crippen molar-refractivity contribution in [2.24, 2.45) is 0 Å². The molecule has 0 heterocycles. The predicted molar refractivity (Wildman–Crippen MR) is 155 cm³/mol. The van der Waals surface area contributed by atoms with E-state index in [9.17, 15) is 4.79 Å². The summed E-state index contributed by atoms with van der Waals surface area (Å²) in [5.74, 6) is 0.208. The van der Waals surface area contributed by atoms with Crippen LogP contribution < -0.4 is 5.32 Å². The Morgan fingerprint density at radius 1 is 0.784 bits per heavy atom. The molecule has 4 aromatic carbocycles. The first-order chi connectivity index (χ1) is 17.8. The minimum atomic E-state index is -0.0784. The van der Waals surface area contributed by atoms with Crippen LogP contribution in [0.1, 0.15) is 60.9 Å². The van der Waals surface area contributed by atoms with Gasteiger partial charge in [0.05, 0.1) is 0 Å². The summed E-state index contributed by atoms with van der Waals surface area (Å²) >= 11 is 0. The van der Waals surface area contributed by atoms with Crippen LogP contribution in [-0.2, 0) is 12.0 Å². The topological polar surface area (TPSA) is 32.3 Å². The third kappa shape index (κ3) is 7.33. The number of urea groups is 1. The fraction of sp³-hybridized carbons (Fsp3) is 0.265. The molecular weight excluding hydrogens is 452 g/mol. The summed E-state index contributed by atoms with van der Waals surface area (Å²) in [6.45, 7) is 9.88. The van der Waals surface area contributed by atoms with Gasteiger partial charge in [-0.15, -0.1) is 0 Å². The van der Waals surface area contributed by atoms with Crippen LogP contribution in [0.2, 0.25) is 0 Å². The average molecular weight is 491 g/mol. The molecule has 4 aromatic rings. The standard InChI is InChI=1S/C34H38N2O/c1-26-12-11-17-31(24-26)35-33(37)36(25-27-18-20-30(21-19-27)34(2,3)4)23-22-32(28-13-7-5-8-14-28)29-15-9-6-10-16-29/h5-21,24,32H,22-23,25H2,1-4H3,(H,35,37). The van der Waals surface area contributed by atoms with Crippen LogP contribution in [-0.4, -0.2) is 17.5 Å². The molecule has 190 valence electrons. The summed E-state index contributed by atoms with van der Waals surface area (Å²) in [6, 6.07) is 37.7. The van der Waals surface area contributed by atoms with Crippen molar-refractivity contribution in [1.82, 2.24) is 4.90 Å². The highest BCUT2D eigenvalue weighted by Crippen LogP contribution is 2.29. The monoisotopic (exact) mass is 490 g/mol. The summed E-state index contributed by atoms with van der Waals surface area (Å²) in [4.78, 5) is 15.5. The van der Waals surface area contributed by atoms with Crippen LogP contribution in [0.3, 0.4) is 0 Å². The Morgan fingerprint density at radius 2 is 1.38 bits per heavy atom. The van der Waals surface area contributed by atoms with Crippen molar-refractivity contribution < 1.29 is 4.79 Å². The number of benzene rings is 4. The van der Waals surface area contributed by atoms with Crippen LogP contribution in [0.4, 0.5) is 10.5 Å². The number of carbonyl (C=O) groups excluding carboxylic acids is 1. The highest BCUT2D eigenvalue weighted by molar-refractivity contribution is 5.89. The Morgan fingerprint density at radius 3 is 1.92 bits per heavy atom. The van der Waals surface area contributed by atoms with Gasteiger partial charge in [0, 0.05) is 24.7 Å². The van der Waals surface area contributed by atoms with Gasteiger partial charge in [0.15, 0.2) is 0 Å². The molecule has 0 unspecified atom stereocenters. The molecule has 0 aliphatic heterocycles. The molecule has 0 atom stereocenters. The predicted octanol–water partition coefficient (Wildman–Crippen LogP) is 8.55. The number of aryl methyl sites for hydroxylation is 1. The Balaban J connectivity index is 1.58. The first-order valence-electron chi connectivity index (χ1n) is 13.1.